The fourth-order valence-corrected chi connectivity index (χ4v) is 4.13. The minimum atomic E-state index is -4.07. The molecule has 1 amide bonds. The van der Waals surface area contributed by atoms with E-state index in [1.807, 2.05) is 32.0 Å². The molecule has 30 heavy (non-hydrogen) atoms. The number of anilines is 1. The molecule has 0 spiro atoms. The number of amides is 1. The van der Waals surface area contributed by atoms with Gasteiger partial charge in [-0.1, -0.05) is 41.2 Å². The summed E-state index contributed by atoms with van der Waals surface area (Å²) >= 11 is 5.97. The number of hydrogen-bond donors (Lipinski definition) is 1. The largest absolute Gasteiger partial charge is 0.452 e. The highest BCUT2D eigenvalue weighted by Crippen LogP contribution is 2.26. The van der Waals surface area contributed by atoms with E-state index in [1.54, 1.807) is 0 Å². The number of carbonyl (C=O) groups excluding carboxylic acids is 2. The van der Waals surface area contributed by atoms with Crippen LogP contribution >= 0.6 is 11.6 Å². The molecule has 0 unspecified atom stereocenters. The van der Waals surface area contributed by atoms with E-state index >= 15 is 0 Å². The van der Waals surface area contributed by atoms with Gasteiger partial charge >= 0.3 is 5.97 Å². The van der Waals surface area contributed by atoms with Crippen LogP contribution in [0.2, 0.25) is 5.02 Å². The van der Waals surface area contributed by atoms with Crippen molar-refractivity contribution in [1.29, 1.82) is 0 Å². The van der Waals surface area contributed by atoms with Gasteiger partial charge in [0.15, 0.2) is 6.61 Å². The molecular formula is C20H23ClN2O6S. The van der Waals surface area contributed by atoms with Crippen molar-refractivity contribution < 1.29 is 27.6 Å². The highest BCUT2D eigenvalue weighted by atomic mass is 35.5. The summed E-state index contributed by atoms with van der Waals surface area (Å²) in [5.41, 5.74) is 2.47. The molecule has 8 nitrogen and oxygen atoms in total. The van der Waals surface area contributed by atoms with Crippen molar-refractivity contribution in [2.45, 2.75) is 25.2 Å². The fourth-order valence-electron chi connectivity index (χ4n) is 2.66. The molecule has 0 atom stereocenters. The number of esters is 1. The van der Waals surface area contributed by atoms with Crippen molar-refractivity contribution in [2.24, 2.45) is 0 Å². The summed E-state index contributed by atoms with van der Waals surface area (Å²) in [6.07, 6.45) is 0.731. The van der Waals surface area contributed by atoms with Gasteiger partial charge in [-0.15, -0.1) is 0 Å². The van der Waals surface area contributed by atoms with Crippen LogP contribution in [0.25, 0.3) is 0 Å². The molecule has 0 aliphatic heterocycles. The van der Waals surface area contributed by atoms with Crippen molar-refractivity contribution >= 4 is 39.2 Å². The number of carbonyl (C=O) groups is 2. The van der Waals surface area contributed by atoms with E-state index in [0.717, 1.165) is 23.6 Å². The zero-order valence-corrected chi connectivity index (χ0v) is 18.6. The molecule has 2 rings (SSSR count). The van der Waals surface area contributed by atoms with Crippen LogP contribution in [0, 0.1) is 6.92 Å². The van der Waals surface area contributed by atoms with Crippen LogP contribution in [0.3, 0.4) is 0 Å². The molecule has 0 aliphatic rings. The summed E-state index contributed by atoms with van der Waals surface area (Å²) in [5, 5.41) is 2.66. The Morgan fingerprint density at radius 2 is 1.90 bits per heavy atom. The first-order chi connectivity index (χ1) is 14.1. The number of rotatable bonds is 8. The third kappa shape index (κ3) is 5.37. The Morgan fingerprint density at radius 1 is 1.20 bits per heavy atom. The average molecular weight is 455 g/mol. The maximum atomic E-state index is 12.4. The van der Waals surface area contributed by atoms with Crippen molar-refractivity contribution in [1.82, 2.24) is 4.47 Å². The molecule has 0 saturated heterocycles. The zero-order chi connectivity index (χ0) is 22.5. The Bertz CT molecular complexity index is 1060. The molecular weight excluding hydrogens is 432 g/mol. The van der Waals surface area contributed by atoms with E-state index in [-0.39, 0.29) is 15.5 Å². The van der Waals surface area contributed by atoms with E-state index in [4.69, 9.17) is 21.2 Å². The Hall–Kier alpha value is -2.46. The molecule has 0 saturated carbocycles. The van der Waals surface area contributed by atoms with Crippen LogP contribution in [0.4, 0.5) is 5.69 Å². The van der Waals surface area contributed by atoms with Gasteiger partial charge in [0, 0.05) is 12.7 Å². The second-order valence-corrected chi connectivity index (χ2v) is 8.64. The van der Waals surface area contributed by atoms with Crippen LogP contribution in [0.15, 0.2) is 41.3 Å². The molecule has 0 fully saturated rings. The van der Waals surface area contributed by atoms with Crippen molar-refractivity contribution in [3.63, 3.8) is 0 Å². The van der Waals surface area contributed by atoms with Crippen molar-refractivity contribution in [2.75, 3.05) is 26.1 Å². The van der Waals surface area contributed by atoms with Gasteiger partial charge in [0.25, 0.3) is 15.9 Å². The van der Waals surface area contributed by atoms with Crippen LogP contribution in [-0.2, 0) is 30.8 Å². The number of halogens is 1. The van der Waals surface area contributed by atoms with Gasteiger partial charge in [-0.3, -0.25) is 9.63 Å². The number of nitrogens with zero attached hydrogens (tertiary/aromatic N) is 1. The lowest BCUT2D eigenvalue weighted by Crippen LogP contribution is -2.26. The summed E-state index contributed by atoms with van der Waals surface area (Å²) in [6, 6.07) is 9.32. The summed E-state index contributed by atoms with van der Waals surface area (Å²) in [7, 11) is -1.70. The monoisotopic (exact) mass is 454 g/mol. The molecule has 0 aliphatic carbocycles. The number of benzene rings is 2. The molecule has 10 heteroatoms. The van der Waals surface area contributed by atoms with Gasteiger partial charge in [-0.2, -0.15) is 0 Å². The maximum absolute atomic E-state index is 12.4. The Kier molecular flexibility index (Phi) is 7.96. The molecule has 2 aromatic carbocycles. The average Bonchev–Trinajstić information content (AvgIpc) is 2.72. The summed E-state index contributed by atoms with van der Waals surface area (Å²) < 4.78 is 30.5. The summed E-state index contributed by atoms with van der Waals surface area (Å²) in [5.74, 6) is -1.37. The summed E-state index contributed by atoms with van der Waals surface area (Å²) in [6.45, 7) is 3.31. The van der Waals surface area contributed by atoms with Gasteiger partial charge in [0.2, 0.25) is 0 Å². The van der Waals surface area contributed by atoms with Crippen molar-refractivity contribution in [3.8, 4) is 0 Å². The van der Waals surface area contributed by atoms with Gasteiger partial charge in [0.05, 0.1) is 17.7 Å². The minimum absolute atomic E-state index is 0.0691. The smallest absolute Gasteiger partial charge is 0.338 e. The third-order valence-electron chi connectivity index (χ3n) is 4.38. The highest BCUT2D eigenvalue weighted by Gasteiger charge is 2.25. The number of nitrogens with one attached hydrogen (secondary N) is 1. The standard InChI is InChI=1S/C20H23ClN2O6S/c1-5-14-8-6-7-13(2)19(14)22-18(24)12-29-20(25)15-9-10-16(21)17(11-15)30(26,27)23(3)28-4/h6-11H,5,12H2,1-4H3,(H,22,24). The lowest BCUT2D eigenvalue weighted by atomic mass is 10.1. The lowest BCUT2D eigenvalue weighted by Gasteiger charge is -2.16. The first-order valence-electron chi connectivity index (χ1n) is 8.99. The van der Waals surface area contributed by atoms with Gasteiger partial charge in [-0.25, -0.2) is 13.2 Å². The van der Waals surface area contributed by atoms with E-state index in [0.29, 0.717) is 10.2 Å². The predicted molar refractivity (Wildman–Crippen MR) is 113 cm³/mol. The number of aryl methyl sites for hydroxylation is 2. The fraction of sp³-hybridized carbons (Fsp3) is 0.300. The SMILES string of the molecule is CCc1cccc(C)c1NC(=O)COC(=O)c1ccc(Cl)c(S(=O)(=O)N(C)OC)c1. The Morgan fingerprint density at radius 3 is 2.53 bits per heavy atom. The number of para-hydroxylation sites is 1. The van der Waals surface area contributed by atoms with Gasteiger partial charge < -0.3 is 10.1 Å². The summed E-state index contributed by atoms with van der Waals surface area (Å²) in [4.78, 5) is 29.0. The number of hydroxylamine groups is 1. The molecule has 0 bridgehead atoms. The Labute approximate surface area is 180 Å². The number of ether oxygens (including phenoxy) is 1. The normalized spacial score (nSPS) is 11.4. The van der Waals surface area contributed by atoms with Crippen molar-refractivity contribution in [3.05, 3.63) is 58.1 Å². The molecule has 0 radical (unpaired) electrons. The predicted octanol–water partition coefficient (Wildman–Crippen LogP) is 3.19. The minimum Gasteiger partial charge on any atom is -0.452 e. The third-order valence-corrected chi connectivity index (χ3v) is 6.54. The van der Waals surface area contributed by atoms with E-state index in [9.17, 15) is 18.0 Å². The second-order valence-electron chi connectivity index (χ2n) is 6.33. The first-order valence-corrected chi connectivity index (χ1v) is 10.8. The molecule has 0 aromatic heterocycles. The molecule has 0 heterocycles. The molecule has 1 N–H and O–H groups in total. The van der Waals surface area contributed by atoms with E-state index in [1.165, 1.54) is 26.3 Å². The second kappa shape index (κ2) is 10.0. The van der Waals surface area contributed by atoms with E-state index < -0.39 is 28.5 Å². The highest BCUT2D eigenvalue weighted by molar-refractivity contribution is 7.89. The quantitative estimate of drug-likeness (QED) is 0.485. The maximum Gasteiger partial charge on any atom is 0.338 e. The van der Waals surface area contributed by atoms with Gasteiger partial charge in [0.1, 0.15) is 4.90 Å². The van der Waals surface area contributed by atoms with Crippen LogP contribution in [0.1, 0.15) is 28.4 Å². The van der Waals surface area contributed by atoms with Crippen LogP contribution in [0.5, 0.6) is 0 Å². The number of sulfonamides is 1. The number of hydrogen-bond acceptors (Lipinski definition) is 6. The van der Waals surface area contributed by atoms with Crippen LogP contribution in [-0.4, -0.2) is 45.5 Å². The van der Waals surface area contributed by atoms with E-state index in [2.05, 4.69) is 5.32 Å². The first kappa shape index (κ1) is 23.8. The zero-order valence-electron chi connectivity index (χ0n) is 17.1. The topological polar surface area (TPSA) is 102 Å². The van der Waals surface area contributed by atoms with Gasteiger partial charge in [-0.05, 0) is 42.7 Å². The lowest BCUT2D eigenvalue weighted by molar-refractivity contribution is -0.119. The molecule has 2 aromatic rings. The Balaban J connectivity index is 2.12. The van der Waals surface area contributed by atoms with Crippen LogP contribution < -0.4 is 5.32 Å². The molecule has 162 valence electrons.